The largest absolute Gasteiger partial charge is 0.383 e. The van der Waals surface area contributed by atoms with Gasteiger partial charge in [0.05, 0.1) is 28.9 Å². The van der Waals surface area contributed by atoms with Gasteiger partial charge in [0.1, 0.15) is 0 Å². The molecule has 0 bridgehead atoms. The lowest BCUT2D eigenvalue weighted by Crippen LogP contribution is -2.32. The van der Waals surface area contributed by atoms with Gasteiger partial charge >= 0.3 is 0 Å². The molecule has 1 amide bonds. The number of nitrogens with one attached hydrogen (secondary N) is 1. The van der Waals surface area contributed by atoms with Crippen molar-refractivity contribution < 1.29 is 9.53 Å². The van der Waals surface area contributed by atoms with Gasteiger partial charge in [0.2, 0.25) is 5.91 Å². The topological polar surface area (TPSA) is 54.5 Å². The van der Waals surface area contributed by atoms with Crippen LogP contribution < -0.4 is 5.32 Å². The number of carbonyl (C=O) groups excluding carboxylic acids is 1. The van der Waals surface area contributed by atoms with Gasteiger partial charge in [-0.3, -0.25) is 9.69 Å². The van der Waals surface area contributed by atoms with E-state index in [9.17, 15) is 4.79 Å². The van der Waals surface area contributed by atoms with E-state index in [1.807, 2.05) is 30.1 Å². The number of likely N-dealkylation sites (N-methyl/N-ethyl adjacent to an activating group) is 1. The predicted octanol–water partition coefficient (Wildman–Crippen LogP) is 1.81. The molecule has 0 spiro atoms. The molecule has 0 radical (unpaired) electrons. The molecule has 0 saturated heterocycles. The molecule has 102 valence electrons. The van der Waals surface area contributed by atoms with E-state index >= 15 is 0 Å². The molecule has 2 aromatic rings. The second-order valence-corrected chi connectivity index (χ2v) is 5.20. The lowest BCUT2D eigenvalue weighted by molar-refractivity contribution is -0.117. The first-order valence-electron chi connectivity index (χ1n) is 5.99. The van der Waals surface area contributed by atoms with Crippen molar-refractivity contribution in [2.75, 3.05) is 39.2 Å². The number of hydrogen-bond donors (Lipinski definition) is 1. The van der Waals surface area contributed by atoms with E-state index in [1.165, 1.54) is 0 Å². The summed E-state index contributed by atoms with van der Waals surface area (Å²) in [6.07, 6.45) is 0. The van der Waals surface area contributed by atoms with Crippen molar-refractivity contribution in [3.8, 4) is 0 Å². The van der Waals surface area contributed by atoms with Crippen LogP contribution in [-0.2, 0) is 9.53 Å². The Morgan fingerprint density at radius 1 is 1.53 bits per heavy atom. The minimum absolute atomic E-state index is 0.0341. The number of carbonyl (C=O) groups is 1. The molecule has 19 heavy (non-hydrogen) atoms. The van der Waals surface area contributed by atoms with Gasteiger partial charge in [0.15, 0.2) is 0 Å². The standard InChI is InChI=1S/C13H17N3O2S/c1-16(5-6-18-2)8-13(17)15-10-3-4-12-11(7-10)14-9-19-12/h3-4,7,9H,5-6,8H2,1-2H3,(H,15,17). The molecule has 0 aliphatic heterocycles. The molecule has 0 saturated carbocycles. The predicted molar refractivity (Wildman–Crippen MR) is 77.6 cm³/mol. The van der Waals surface area contributed by atoms with Gasteiger partial charge in [-0.1, -0.05) is 0 Å². The van der Waals surface area contributed by atoms with Gasteiger partial charge < -0.3 is 10.1 Å². The van der Waals surface area contributed by atoms with E-state index in [1.54, 1.807) is 24.0 Å². The lowest BCUT2D eigenvalue weighted by Gasteiger charge is -2.15. The van der Waals surface area contributed by atoms with E-state index in [4.69, 9.17) is 4.74 Å². The first kappa shape index (κ1) is 13.9. The van der Waals surface area contributed by atoms with Crippen LogP contribution in [0.25, 0.3) is 10.2 Å². The maximum Gasteiger partial charge on any atom is 0.238 e. The first-order chi connectivity index (χ1) is 9.19. The Bertz CT molecular complexity index is 556. The summed E-state index contributed by atoms with van der Waals surface area (Å²) >= 11 is 1.59. The van der Waals surface area contributed by atoms with E-state index < -0.39 is 0 Å². The number of fused-ring (bicyclic) bond motifs is 1. The zero-order chi connectivity index (χ0) is 13.7. The molecule has 0 fully saturated rings. The van der Waals surface area contributed by atoms with E-state index in [-0.39, 0.29) is 5.91 Å². The number of aromatic nitrogens is 1. The molecule has 1 aromatic heterocycles. The van der Waals surface area contributed by atoms with Crippen molar-refractivity contribution in [3.63, 3.8) is 0 Å². The summed E-state index contributed by atoms with van der Waals surface area (Å²) in [5.41, 5.74) is 3.49. The minimum Gasteiger partial charge on any atom is -0.383 e. The Hall–Kier alpha value is -1.50. The zero-order valence-corrected chi connectivity index (χ0v) is 11.9. The maximum absolute atomic E-state index is 11.8. The van der Waals surface area contributed by atoms with Crippen LogP contribution in [0.4, 0.5) is 5.69 Å². The highest BCUT2D eigenvalue weighted by atomic mass is 32.1. The van der Waals surface area contributed by atoms with Crippen molar-refractivity contribution in [1.29, 1.82) is 0 Å². The number of hydrogen-bond acceptors (Lipinski definition) is 5. The van der Waals surface area contributed by atoms with Crippen LogP contribution in [0.15, 0.2) is 23.7 Å². The number of nitrogens with zero attached hydrogens (tertiary/aromatic N) is 2. The number of rotatable bonds is 6. The molecular weight excluding hydrogens is 262 g/mol. The van der Waals surface area contributed by atoms with E-state index in [0.29, 0.717) is 13.2 Å². The summed E-state index contributed by atoms with van der Waals surface area (Å²) in [5, 5.41) is 2.87. The maximum atomic E-state index is 11.8. The van der Waals surface area contributed by atoms with E-state index in [0.717, 1.165) is 22.4 Å². The number of benzene rings is 1. The van der Waals surface area contributed by atoms with Crippen molar-refractivity contribution in [3.05, 3.63) is 23.7 Å². The van der Waals surface area contributed by atoms with Crippen molar-refractivity contribution in [2.45, 2.75) is 0 Å². The highest BCUT2D eigenvalue weighted by molar-refractivity contribution is 7.16. The minimum atomic E-state index is -0.0341. The van der Waals surface area contributed by atoms with Crippen LogP contribution in [0, 0.1) is 0 Å². The first-order valence-corrected chi connectivity index (χ1v) is 6.87. The number of thiazole rings is 1. The molecule has 0 unspecified atom stereocenters. The van der Waals surface area contributed by atoms with Gasteiger partial charge in [-0.2, -0.15) is 0 Å². The molecule has 6 heteroatoms. The summed E-state index contributed by atoms with van der Waals surface area (Å²) in [6, 6.07) is 5.75. The van der Waals surface area contributed by atoms with Crippen LogP contribution in [-0.4, -0.2) is 49.6 Å². The van der Waals surface area contributed by atoms with E-state index in [2.05, 4.69) is 10.3 Å². The highest BCUT2D eigenvalue weighted by Gasteiger charge is 2.07. The molecule has 0 aliphatic carbocycles. The Morgan fingerprint density at radius 2 is 2.37 bits per heavy atom. The normalized spacial score (nSPS) is 11.1. The molecule has 2 rings (SSSR count). The number of ether oxygens (including phenoxy) is 1. The fourth-order valence-electron chi connectivity index (χ4n) is 1.71. The molecule has 5 nitrogen and oxygen atoms in total. The second-order valence-electron chi connectivity index (χ2n) is 4.31. The summed E-state index contributed by atoms with van der Waals surface area (Å²) in [6.45, 7) is 1.70. The van der Waals surface area contributed by atoms with Crippen molar-refractivity contribution in [1.82, 2.24) is 9.88 Å². The molecule has 0 aliphatic rings. The fraction of sp³-hybridized carbons (Fsp3) is 0.385. The van der Waals surface area contributed by atoms with Gasteiger partial charge in [-0.25, -0.2) is 4.98 Å². The third-order valence-electron chi connectivity index (χ3n) is 2.70. The number of anilines is 1. The average molecular weight is 279 g/mol. The molecular formula is C13H17N3O2S. The Labute approximate surface area is 116 Å². The van der Waals surface area contributed by atoms with Gasteiger partial charge in [0.25, 0.3) is 0 Å². The van der Waals surface area contributed by atoms with Gasteiger partial charge in [-0.15, -0.1) is 11.3 Å². The zero-order valence-electron chi connectivity index (χ0n) is 11.0. The Balaban J connectivity index is 1.90. The third kappa shape index (κ3) is 3.99. The summed E-state index contributed by atoms with van der Waals surface area (Å²) in [5.74, 6) is -0.0341. The Morgan fingerprint density at radius 3 is 3.16 bits per heavy atom. The van der Waals surface area contributed by atoms with Gasteiger partial charge in [-0.05, 0) is 25.2 Å². The number of methoxy groups -OCH3 is 1. The Kier molecular flexibility index (Phi) is 4.84. The summed E-state index contributed by atoms with van der Waals surface area (Å²) in [4.78, 5) is 18.0. The monoisotopic (exact) mass is 279 g/mol. The lowest BCUT2D eigenvalue weighted by atomic mass is 10.3. The average Bonchev–Trinajstić information content (AvgIpc) is 2.83. The summed E-state index contributed by atoms with van der Waals surface area (Å²) < 4.78 is 6.09. The molecule has 1 N–H and O–H groups in total. The number of amides is 1. The van der Waals surface area contributed by atoms with Gasteiger partial charge in [0, 0.05) is 19.3 Å². The van der Waals surface area contributed by atoms with Crippen LogP contribution >= 0.6 is 11.3 Å². The SMILES string of the molecule is COCCN(C)CC(=O)Nc1ccc2scnc2c1. The fourth-order valence-corrected chi connectivity index (χ4v) is 2.37. The van der Waals surface area contributed by atoms with Crippen LogP contribution in [0.2, 0.25) is 0 Å². The van der Waals surface area contributed by atoms with Crippen molar-refractivity contribution in [2.24, 2.45) is 0 Å². The third-order valence-corrected chi connectivity index (χ3v) is 3.51. The highest BCUT2D eigenvalue weighted by Crippen LogP contribution is 2.21. The van der Waals surface area contributed by atoms with Crippen LogP contribution in [0.3, 0.4) is 0 Å². The molecule has 1 heterocycles. The smallest absolute Gasteiger partial charge is 0.238 e. The van der Waals surface area contributed by atoms with Crippen LogP contribution in [0.5, 0.6) is 0 Å². The summed E-state index contributed by atoms with van der Waals surface area (Å²) in [7, 11) is 3.54. The second kappa shape index (κ2) is 6.60. The molecule has 1 aromatic carbocycles. The van der Waals surface area contributed by atoms with Crippen LogP contribution in [0.1, 0.15) is 0 Å². The quantitative estimate of drug-likeness (QED) is 0.876. The molecule has 0 atom stereocenters. The van der Waals surface area contributed by atoms with Crippen molar-refractivity contribution >= 4 is 33.1 Å².